The van der Waals surface area contributed by atoms with Crippen LogP contribution in [0.25, 0.3) is 0 Å². The minimum Gasteiger partial charge on any atom is -0.481 e. The fraction of sp³-hybridized carbons (Fsp3) is 0.818. The summed E-state index contributed by atoms with van der Waals surface area (Å²) >= 11 is 0. The molecule has 4 nitrogen and oxygen atoms in total. The van der Waals surface area contributed by atoms with E-state index in [9.17, 15) is 4.79 Å². The first-order valence-corrected chi connectivity index (χ1v) is 5.45. The second-order valence-corrected chi connectivity index (χ2v) is 5.08. The third-order valence-corrected chi connectivity index (χ3v) is 3.66. The third-order valence-electron chi connectivity index (χ3n) is 3.66. The van der Waals surface area contributed by atoms with Crippen LogP contribution in [0, 0.1) is 17.3 Å². The Bertz CT molecular complexity index is 294. The standard InChI is InChI=1S/C11H17NO3/c1-11(2)8(9(11)10(13)14)6-12-15-7-4-3-5-7/h6-9H,3-5H2,1-2H3,(H,13,14)/t8?,9-/m0/s1. The summed E-state index contributed by atoms with van der Waals surface area (Å²) in [5.41, 5.74) is -0.168. The summed E-state index contributed by atoms with van der Waals surface area (Å²) in [6.45, 7) is 3.90. The van der Waals surface area contributed by atoms with Crippen LogP contribution >= 0.6 is 0 Å². The Morgan fingerprint density at radius 2 is 2.20 bits per heavy atom. The molecule has 15 heavy (non-hydrogen) atoms. The van der Waals surface area contributed by atoms with Crippen LogP contribution in [0.5, 0.6) is 0 Å². The fourth-order valence-corrected chi connectivity index (χ4v) is 2.09. The Balaban J connectivity index is 1.82. The molecule has 4 heteroatoms. The van der Waals surface area contributed by atoms with Crippen LogP contribution in [-0.4, -0.2) is 23.4 Å². The first-order valence-electron chi connectivity index (χ1n) is 5.45. The molecule has 2 aliphatic carbocycles. The van der Waals surface area contributed by atoms with Gasteiger partial charge in [0.15, 0.2) is 0 Å². The number of oxime groups is 1. The molecule has 2 fully saturated rings. The van der Waals surface area contributed by atoms with E-state index in [1.54, 1.807) is 6.21 Å². The number of nitrogens with zero attached hydrogens (tertiary/aromatic N) is 1. The molecule has 0 aromatic carbocycles. The summed E-state index contributed by atoms with van der Waals surface area (Å²) in [6.07, 6.45) is 5.30. The third kappa shape index (κ3) is 1.85. The van der Waals surface area contributed by atoms with Gasteiger partial charge in [-0.05, 0) is 24.7 Å². The van der Waals surface area contributed by atoms with Gasteiger partial charge in [0.1, 0.15) is 6.10 Å². The van der Waals surface area contributed by atoms with Crippen LogP contribution in [0.2, 0.25) is 0 Å². The van der Waals surface area contributed by atoms with Crippen molar-refractivity contribution in [1.82, 2.24) is 0 Å². The van der Waals surface area contributed by atoms with Gasteiger partial charge in [-0.2, -0.15) is 0 Å². The van der Waals surface area contributed by atoms with Crippen molar-refractivity contribution in [2.24, 2.45) is 22.4 Å². The molecule has 0 heterocycles. The SMILES string of the molecule is CC1(C)C(C=NOC2CCC2)[C@H]1C(=O)O. The summed E-state index contributed by atoms with van der Waals surface area (Å²) in [6, 6.07) is 0. The molecular formula is C11H17NO3. The highest BCUT2D eigenvalue weighted by molar-refractivity contribution is 5.84. The normalized spacial score (nSPS) is 33.7. The van der Waals surface area contributed by atoms with Gasteiger partial charge in [0.25, 0.3) is 0 Å². The summed E-state index contributed by atoms with van der Waals surface area (Å²) in [5, 5.41) is 12.8. The van der Waals surface area contributed by atoms with Crippen molar-refractivity contribution in [3.05, 3.63) is 0 Å². The molecule has 2 aliphatic rings. The van der Waals surface area contributed by atoms with E-state index in [-0.39, 0.29) is 23.4 Å². The molecule has 84 valence electrons. The maximum atomic E-state index is 10.8. The van der Waals surface area contributed by atoms with Gasteiger partial charge in [0.2, 0.25) is 0 Å². The summed E-state index contributed by atoms with van der Waals surface area (Å²) in [5.74, 6) is -1.01. The van der Waals surface area contributed by atoms with E-state index < -0.39 is 5.97 Å². The molecule has 1 unspecified atom stereocenters. The smallest absolute Gasteiger partial charge is 0.307 e. The van der Waals surface area contributed by atoms with E-state index in [2.05, 4.69) is 5.16 Å². The van der Waals surface area contributed by atoms with Crippen molar-refractivity contribution in [3.8, 4) is 0 Å². The second-order valence-electron chi connectivity index (χ2n) is 5.08. The van der Waals surface area contributed by atoms with E-state index in [1.807, 2.05) is 13.8 Å². The van der Waals surface area contributed by atoms with Crippen LogP contribution < -0.4 is 0 Å². The van der Waals surface area contributed by atoms with Crippen molar-refractivity contribution < 1.29 is 14.7 Å². The monoisotopic (exact) mass is 211 g/mol. The number of hydrogen-bond acceptors (Lipinski definition) is 3. The van der Waals surface area contributed by atoms with Gasteiger partial charge in [-0.1, -0.05) is 19.0 Å². The highest BCUT2D eigenvalue weighted by Crippen LogP contribution is 2.57. The van der Waals surface area contributed by atoms with Crippen LogP contribution in [0.3, 0.4) is 0 Å². The Labute approximate surface area is 89.3 Å². The second kappa shape index (κ2) is 3.51. The topological polar surface area (TPSA) is 58.9 Å². The quantitative estimate of drug-likeness (QED) is 0.570. The lowest BCUT2D eigenvalue weighted by Crippen LogP contribution is -2.19. The van der Waals surface area contributed by atoms with Crippen molar-refractivity contribution in [1.29, 1.82) is 0 Å². The van der Waals surface area contributed by atoms with Crippen molar-refractivity contribution >= 4 is 12.2 Å². The minimum absolute atomic E-state index is 0.0232. The number of hydrogen-bond donors (Lipinski definition) is 1. The zero-order valence-corrected chi connectivity index (χ0v) is 9.14. The molecule has 2 atom stereocenters. The van der Waals surface area contributed by atoms with E-state index in [0.717, 1.165) is 12.8 Å². The number of carbonyl (C=O) groups is 1. The zero-order valence-electron chi connectivity index (χ0n) is 9.14. The summed E-state index contributed by atoms with van der Waals surface area (Å²) in [4.78, 5) is 16.1. The number of aliphatic carboxylic acids is 1. The summed E-state index contributed by atoms with van der Waals surface area (Å²) < 4.78 is 0. The maximum Gasteiger partial charge on any atom is 0.307 e. The highest BCUT2D eigenvalue weighted by atomic mass is 16.6. The van der Waals surface area contributed by atoms with E-state index in [0.29, 0.717) is 0 Å². The maximum absolute atomic E-state index is 10.8. The first-order chi connectivity index (χ1) is 7.03. The van der Waals surface area contributed by atoms with Gasteiger partial charge >= 0.3 is 5.97 Å². The Morgan fingerprint density at radius 1 is 1.53 bits per heavy atom. The molecule has 0 amide bonds. The van der Waals surface area contributed by atoms with E-state index in [4.69, 9.17) is 9.94 Å². The van der Waals surface area contributed by atoms with Crippen molar-refractivity contribution in [2.45, 2.75) is 39.2 Å². The van der Waals surface area contributed by atoms with Crippen molar-refractivity contribution in [3.63, 3.8) is 0 Å². The Kier molecular flexibility index (Phi) is 2.44. The Morgan fingerprint density at radius 3 is 2.60 bits per heavy atom. The average Bonchev–Trinajstić information content (AvgIpc) is 2.58. The van der Waals surface area contributed by atoms with Gasteiger partial charge in [0, 0.05) is 12.1 Å². The first kappa shape index (κ1) is 10.5. The molecule has 0 saturated heterocycles. The average molecular weight is 211 g/mol. The Hall–Kier alpha value is -1.06. The lowest BCUT2D eigenvalue weighted by atomic mass is 9.97. The molecular weight excluding hydrogens is 194 g/mol. The molecule has 1 N–H and O–H groups in total. The molecule has 0 bridgehead atoms. The zero-order chi connectivity index (χ0) is 11.1. The van der Waals surface area contributed by atoms with Crippen LogP contribution in [0.4, 0.5) is 0 Å². The van der Waals surface area contributed by atoms with Crippen molar-refractivity contribution in [2.75, 3.05) is 0 Å². The predicted octanol–water partition coefficient (Wildman–Crippen LogP) is 1.90. The van der Waals surface area contributed by atoms with Gasteiger partial charge in [-0.25, -0.2) is 0 Å². The molecule has 2 saturated carbocycles. The van der Waals surface area contributed by atoms with Crippen LogP contribution in [0.15, 0.2) is 5.16 Å². The molecule has 0 aromatic heterocycles. The number of carboxylic acids is 1. The van der Waals surface area contributed by atoms with Crippen LogP contribution in [0.1, 0.15) is 33.1 Å². The van der Waals surface area contributed by atoms with Crippen LogP contribution in [-0.2, 0) is 9.63 Å². The van der Waals surface area contributed by atoms with E-state index in [1.165, 1.54) is 6.42 Å². The van der Waals surface area contributed by atoms with E-state index >= 15 is 0 Å². The van der Waals surface area contributed by atoms with Gasteiger partial charge in [-0.15, -0.1) is 0 Å². The predicted molar refractivity (Wildman–Crippen MR) is 55.6 cm³/mol. The number of carboxylic acid groups (broad SMARTS) is 1. The largest absolute Gasteiger partial charge is 0.481 e. The highest BCUT2D eigenvalue weighted by Gasteiger charge is 2.61. The molecule has 0 spiro atoms. The molecule has 0 aromatic rings. The fourth-order valence-electron chi connectivity index (χ4n) is 2.09. The van der Waals surface area contributed by atoms with Gasteiger partial charge < -0.3 is 9.94 Å². The van der Waals surface area contributed by atoms with Gasteiger partial charge in [-0.3, -0.25) is 4.79 Å². The number of rotatable bonds is 4. The molecule has 0 aliphatic heterocycles. The molecule has 0 radical (unpaired) electrons. The lowest BCUT2D eigenvalue weighted by Gasteiger charge is -2.22. The summed E-state index contributed by atoms with van der Waals surface area (Å²) in [7, 11) is 0. The van der Waals surface area contributed by atoms with Gasteiger partial charge in [0.05, 0.1) is 5.92 Å². The lowest BCUT2D eigenvalue weighted by molar-refractivity contribution is -0.139. The molecule has 2 rings (SSSR count). The minimum atomic E-state index is -0.736.